The number of nitrogens with one attached hydrogen (secondary N) is 1. The van der Waals surface area contributed by atoms with E-state index in [1.54, 1.807) is 6.92 Å². The van der Waals surface area contributed by atoms with E-state index in [0.29, 0.717) is 18.6 Å². The first kappa shape index (κ1) is 20.2. The minimum atomic E-state index is -3.92. The van der Waals surface area contributed by atoms with Gasteiger partial charge in [0.2, 0.25) is 0 Å². The van der Waals surface area contributed by atoms with Crippen molar-refractivity contribution in [1.82, 2.24) is 0 Å². The highest BCUT2D eigenvalue weighted by atomic mass is 35.5. The van der Waals surface area contributed by atoms with Crippen LogP contribution in [0.1, 0.15) is 23.7 Å². The van der Waals surface area contributed by atoms with Crippen LogP contribution in [0.4, 0.5) is 18.9 Å². The molecule has 154 valence electrons. The molecule has 5 nitrogen and oxygen atoms in total. The Kier molecular flexibility index (Phi) is 4.49. The van der Waals surface area contributed by atoms with Crippen LogP contribution in [-0.2, 0) is 9.84 Å². The number of aliphatic hydroxyl groups excluding tert-OH is 1. The molecule has 4 atom stereocenters. The topological polar surface area (TPSA) is 83.5 Å². The maximum absolute atomic E-state index is 13.3. The number of hydrogen-bond donors (Lipinski definition) is 2. The van der Waals surface area contributed by atoms with Gasteiger partial charge in [0.05, 0.1) is 21.3 Å². The highest BCUT2D eigenvalue weighted by Gasteiger charge is 2.76. The number of carbonyl (C=O) groups is 1. The Bertz CT molecular complexity index is 1130. The van der Waals surface area contributed by atoms with Gasteiger partial charge < -0.3 is 10.4 Å². The molecule has 29 heavy (non-hydrogen) atoms. The molecular weight excluding hydrogens is 431 g/mol. The molecule has 10 heteroatoms. The summed E-state index contributed by atoms with van der Waals surface area (Å²) >= 11 is 6.06. The van der Waals surface area contributed by atoms with Gasteiger partial charge >= 0.3 is 0 Å². The minimum absolute atomic E-state index is 0.0594. The quantitative estimate of drug-likeness (QED) is 0.705. The van der Waals surface area contributed by atoms with Gasteiger partial charge in [-0.3, -0.25) is 4.79 Å². The molecule has 2 fully saturated rings. The lowest BCUT2D eigenvalue weighted by Crippen LogP contribution is -2.39. The molecule has 2 N–H and O–H groups in total. The van der Waals surface area contributed by atoms with Crippen molar-refractivity contribution in [2.75, 3.05) is 5.32 Å². The summed E-state index contributed by atoms with van der Waals surface area (Å²) in [4.78, 5) is 12.2. The molecule has 2 saturated carbocycles. The van der Waals surface area contributed by atoms with E-state index >= 15 is 0 Å². The largest absolute Gasteiger partial charge is 0.392 e. The predicted molar refractivity (Wildman–Crippen MR) is 98.9 cm³/mol. The third-order valence-corrected chi connectivity index (χ3v) is 8.83. The summed E-state index contributed by atoms with van der Waals surface area (Å²) in [5.41, 5.74) is -1.17. The maximum Gasteiger partial charge on any atom is 0.255 e. The predicted octanol–water partition coefficient (Wildman–Crippen LogP) is 3.55. The Morgan fingerprint density at radius 1 is 1.21 bits per heavy atom. The lowest BCUT2D eigenvalue weighted by atomic mass is 9.86. The summed E-state index contributed by atoms with van der Waals surface area (Å²) in [7, 11) is -3.92. The molecule has 2 aromatic carbocycles. The second-order valence-electron chi connectivity index (χ2n) is 7.54. The average molecular weight is 446 g/mol. The highest BCUT2D eigenvalue weighted by molar-refractivity contribution is 7.92. The maximum atomic E-state index is 13.3. The van der Waals surface area contributed by atoms with Crippen LogP contribution in [-0.4, -0.2) is 30.8 Å². The SMILES string of the molecule is CC12C(CC1S(=O)(=O)c1cc(C(=O)Nc3cc(F)c(F)c(F)c3)ccc1Cl)[C@H]2O. The van der Waals surface area contributed by atoms with Crippen molar-refractivity contribution in [3.8, 4) is 0 Å². The van der Waals surface area contributed by atoms with Crippen LogP contribution in [0.5, 0.6) is 0 Å². The normalized spacial score (nSPS) is 27.7. The highest BCUT2D eigenvalue weighted by Crippen LogP contribution is 2.69. The van der Waals surface area contributed by atoms with E-state index in [0.717, 1.165) is 6.07 Å². The third-order valence-electron chi connectivity index (χ3n) is 5.99. The van der Waals surface area contributed by atoms with Crippen LogP contribution in [0.15, 0.2) is 35.2 Å². The van der Waals surface area contributed by atoms with Crippen molar-refractivity contribution < 1.29 is 31.5 Å². The van der Waals surface area contributed by atoms with Crippen molar-refractivity contribution in [3.05, 3.63) is 58.4 Å². The summed E-state index contributed by atoms with van der Waals surface area (Å²) in [6, 6.07) is 4.78. The van der Waals surface area contributed by atoms with Gasteiger partial charge in [-0.05, 0) is 30.5 Å². The number of rotatable bonds is 4. The fourth-order valence-corrected chi connectivity index (χ4v) is 6.86. The Labute approximate surface area is 169 Å². The van der Waals surface area contributed by atoms with Crippen molar-refractivity contribution in [3.63, 3.8) is 0 Å². The number of hydrogen-bond acceptors (Lipinski definition) is 4. The Morgan fingerprint density at radius 3 is 2.34 bits per heavy atom. The van der Waals surface area contributed by atoms with Crippen molar-refractivity contribution in [1.29, 1.82) is 0 Å². The van der Waals surface area contributed by atoms with E-state index in [1.165, 1.54) is 12.1 Å². The fraction of sp³-hybridized carbons (Fsp3) is 0.316. The monoisotopic (exact) mass is 445 g/mol. The number of halogens is 4. The van der Waals surface area contributed by atoms with E-state index in [2.05, 4.69) is 5.32 Å². The zero-order valence-corrected chi connectivity index (χ0v) is 16.5. The number of sulfone groups is 1. The molecule has 0 radical (unpaired) electrons. The molecule has 2 aliphatic rings. The zero-order chi connectivity index (χ0) is 21.3. The molecule has 4 rings (SSSR count). The zero-order valence-electron chi connectivity index (χ0n) is 14.9. The number of aliphatic hydroxyl groups is 1. The molecule has 0 aliphatic heterocycles. The van der Waals surface area contributed by atoms with Gasteiger partial charge in [0.15, 0.2) is 27.3 Å². The summed E-state index contributed by atoms with van der Waals surface area (Å²) in [5.74, 6) is -5.54. The van der Waals surface area contributed by atoms with Crippen LogP contribution in [0, 0.1) is 28.8 Å². The van der Waals surface area contributed by atoms with Crippen LogP contribution < -0.4 is 5.32 Å². The first-order valence-corrected chi connectivity index (χ1v) is 10.6. The van der Waals surface area contributed by atoms with Crippen molar-refractivity contribution in [2.45, 2.75) is 29.6 Å². The van der Waals surface area contributed by atoms with Gasteiger partial charge in [0.1, 0.15) is 0 Å². The minimum Gasteiger partial charge on any atom is -0.392 e. The molecule has 0 heterocycles. The van der Waals surface area contributed by atoms with E-state index < -0.39 is 50.0 Å². The molecular formula is C19H15ClF3NO4S. The lowest BCUT2D eigenvalue weighted by molar-refractivity contribution is 0.102. The summed E-state index contributed by atoms with van der Waals surface area (Å²) in [6.07, 6.45) is -0.378. The van der Waals surface area contributed by atoms with Gasteiger partial charge in [-0.25, -0.2) is 21.6 Å². The Hall–Kier alpha value is -2.10. The third kappa shape index (κ3) is 2.94. The molecule has 2 aliphatic carbocycles. The van der Waals surface area contributed by atoms with Crippen LogP contribution in [0.2, 0.25) is 5.02 Å². The van der Waals surface area contributed by atoms with E-state index in [-0.39, 0.29) is 27.1 Å². The van der Waals surface area contributed by atoms with Crippen molar-refractivity contribution >= 4 is 33.0 Å². The summed E-state index contributed by atoms with van der Waals surface area (Å²) in [6.45, 7) is 1.69. The Balaban J connectivity index is 1.63. The second kappa shape index (κ2) is 6.45. The van der Waals surface area contributed by atoms with E-state index in [9.17, 15) is 31.5 Å². The van der Waals surface area contributed by atoms with Gasteiger partial charge in [0, 0.05) is 28.8 Å². The number of carbonyl (C=O) groups excluding carboxylic acids is 1. The number of amides is 1. The molecule has 0 aromatic heterocycles. The molecule has 0 bridgehead atoms. The smallest absolute Gasteiger partial charge is 0.255 e. The molecule has 1 amide bonds. The van der Waals surface area contributed by atoms with E-state index in [1.807, 2.05) is 0 Å². The van der Waals surface area contributed by atoms with Gasteiger partial charge in [-0.15, -0.1) is 0 Å². The van der Waals surface area contributed by atoms with Gasteiger partial charge in [0.25, 0.3) is 5.91 Å². The van der Waals surface area contributed by atoms with Crippen LogP contribution in [0.25, 0.3) is 0 Å². The first-order chi connectivity index (χ1) is 13.5. The molecule has 3 unspecified atom stereocenters. The standard InChI is InChI=1S/C19H15ClF3NO4S/c1-19-10(17(19)25)7-15(19)29(27,28)14-4-8(2-3-11(14)20)18(26)24-9-5-12(21)16(23)13(22)6-9/h2-6,10,15,17,25H,7H2,1H3,(H,24,26)/t10?,15?,17-,19?/m1/s1. The number of benzene rings is 2. The van der Waals surface area contributed by atoms with E-state index in [4.69, 9.17) is 11.6 Å². The van der Waals surface area contributed by atoms with Crippen molar-refractivity contribution in [2.24, 2.45) is 11.3 Å². The molecule has 0 spiro atoms. The second-order valence-corrected chi connectivity index (χ2v) is 10.0. The molecule has 0 saturated heterocycles. The van der Waals surface area contributed by atoms with Crippen LogP contribution >= 0.6 is 11.6 Å². The van der Waals surface area contributed by atoms with Crippen LogP contribution in [0.3, 0.4) is 0 Å². The average Bonchev–Trinajstić information content (AvgIpc) is 3.03. The summed E-state index contributed by atoms with van der Waals surface area (Å²) < 4.78 is 65.7. The lowest BCUT2D eigenvalue weighted by Gasteiger charge is -2.32. The van der Waals surface area contributed by atoms with Gasteiger partial charge in [-0.2, -0.15) is 0 Å². The fourth-order valence-electron chi connectivity index (χ4n) is 4.04. The molecule has 2 aromatic rings. The number of anilines is 1. The Morgan fingerprint density at radius 2 is 1.83 bits per heavy atom. The van der Waals surface area contributed by atoms with Gasteiger partial charge in [-0.1, -0.05) is 18.5 Å². The summed E-state index contributed by atoms with van der Waals surface area (Å²) in [5, 5.41) is 11.2. The number of fused-ring (bicyclic) bond motifs is 1. The first-order valence-electron chi connectivity index (χ1n) is 8.65.